The third-order valence-electron chi connectivity index (χ3n) is 3.50. The average molecular weight is 390 g/mol. The molecule has 0 heterocycles. The second kappa shape index (κ2) is 9.88. The van der Waals surface area contributed by atoms with E-state index in [4.69, 9.17) is 4.74 Å². The van der Waals surface area contributed by atoms with Crippen molar-refractivity contribution in [3.8, 4) is 5.75 Å². The molecular weight excluding hydrogens is 370 g/mol. The lowest BCUT2D eigenvalue weighted by Crippen LogP contribution is -1.97. The summed E-state index contributed by atoms with van der Waals surface area (Å²) < 4.78 is 5.70. The van der Waals surface area contributed by atoms with Gasteiger partial charge in [0.25, 0.3) is 5.69 Å². The molecule has 0 N–H and O–H groups in total. The van der Waals surface area contributed by atoms with Crippen molar-refractivity contribution in [2.45, 2.75) is 19.3 Å². The van der Waals surface area contributed by atoms with Crippen molar-refractivity contribution in [2.75, 3.05) is 11.9 Å². The van der Waals surface area contributed by atoms with Gasteiger partial charge in [-0.05, 0) is 54.7 Å². The van der Waals surface area contributed by atoms with Crippen molar-refractivity contribution in [2.24, 2.45) is 0 Å². The fourth-order valence-electron chi connectivity index (χ4n) is 2.14. The summed E-state index contributed by atoms with van der Waals surface area (Å²) in [6, 6.07) is 14.4. The fraction of sp³-hybridized carbons (Fsp3) is 0.263. The van der Waals surface area contributed by atoms with Gasteiger partial charge >= 0.3 is 0 Å². The van der Waals surface area contributed by atoms with Crippen molar-refractivity contribution < 1.29 is 9.66 Å². The predicted octanol–water partition coefficient (Wildman–Crippen LogP) is 5.71. The summed E-state index contributed by atoms with van der Waals surface area (Å²) in [5.74, 6) is 0.876. The Labute approximate surface area is 150 Å². The second-order valence-electron chi connectivity index (χ2n) is 5.35. The molecule has 0 aliphatic heterocycles. The molecule has 0 bridgehead atoms. The molecule has 5 heteroatoms. The van der Waals surface area contributed by atoms with Crippen LogP contribution < -0.4 is 4.74 Å². The van der Waals surface area contributed by atoms with E-state index >= 15 is 0 Å². The summed E-state index contributed by atoms with van der Waals surface area (Å²) in [4.78, 5) is 10.2. The minimum atomic E-state index is -0.397. The monoisotopic (exact) mass is 389 g/mol. The van der Waals surface area contributed by atoms with Crippen molar-refractivity contribution >= 4 is 33.8 Å². The highest BCUT2D eigenvalue weighted by Crippen LogP contribution is 2.17. The standard InChI is InChI=1S/C19H20BrNO3/c20-14-2-1-3-15-24-19-12-8-17(9-13-19)5-4-16-6-10-18(11-7-16)21(22)23/h4-13H,1-3,14-15H2/b5-4+. The molecule has 24 heavy (non-hydrogen) atoms. The maximum atomic E-state index is 10.6. The first-order valence-electron chi connectivity index (χ1n) is 7.90. The van der Waals surface area contributed by atoms with Crippen LogP contribution >= 0.6 is 15.9 Å². The number of rotatable bonds is 9. The van der Waals surface area contributed by atoms with Crippen LogP contribution in [0.1, 0.15) is 30.4 Å². The van der Waals surface area contributed by atoms with Crippen LogP contribution in [0, 0.1) is 10.1 Å². The second-order valence-corrected chi connectivity index (χ2v) is 6.14. The molecule has 4 nitrogen and oxygen atoms in total. The molecule has 2 aromatic carbocycles. The van der Waals surface area contributed by atoms with E-state index in [0.29, 0.717) is 0 Å². The first-order valence-corrected chi connectivity index (χ1v) is 9.02. The van der Waals surface area contributed by atoms with Gasteiger partial charge in [0.05, 0.1) is 11.5 Å². The van der Waals surface area contributed by atoms with Crippen LogP contribution in [0.25, 0.3) is 12.2 Å². The number of nitro groups is 1. The Bertz CT molecular complexity index is 666. The number of nitro benzene ring substituents is 1. The molecule has 0 unspecified atom stereocenters. The van der Waals surface area contributed by atoms with E-state index in [1.807, 2.05) is 36.4 Å². The predicted molar refractivity (Wildman–Crippen MR) is 102 cm³/mol. The Morgan fingerprint density at radius 1 is 0.917 bits per heavy atom. The number of halogens is 1. The van der Waals surface area contributed by atoms with E-state index in [-0.39, 0.29) is 5.69 Å². The molecule has 0 amide bonds. The van der Waals surface area contributed by atoms with Gasteiger partial charge in [-0.3, -0.25) is 10.1 Å². The van der Waals surface area contributed by atoms with Gasteiger partial charge in [-0.1, -0.05) is 40.2 Å². The van der Waals surface area contributed by atoms with Crippen molar-refractivity contribution in [3.05, 3.63) is 69.8 Å². The van der Waals surface area contributed by atoms with Gasteiger partial charge in [0.2, 0.25) is 0 Å². The molecule has 0 atom stereocenters. The number of non-ortho nitro benzene ring substituents is 1. The molecule has 0 aliphatic rings. The van der Waals surface area contributed by atoms with Gasteiger partial charge in [-0.15, -0.1) is 0 Å². The molecule has 0 saturated heterocycles. The van der Waals surface area contributed by atoms with Gasteiger partial charge in [0, 0.05) is 17.5 Å². The summed E-state index contributed by atoms with van der Waals surface area (Å²) in [6.07, 6.45) is 7.31. The minimum absolute atomic E-state index is 0.102. The highest BCUT2D eigenvalue weighted by molar-refractivity contribution is 9.09. The molecule has 0 fully saturated rings. The Kier molecular flexibility index (Phi) is 7.49. The summed E-state index contributed by atoms with van der Waals surface area (Å²) in [5.41, 5.74) is 2.08. The quantitative estimate of drug-likeness (QED) is 0.181. The van der Waals surface area contributed by atoms with Crippen LogP contribution in [0.2, 0.25) is 0 Å². The number of hydrogen-bond acceptors (Lipinski definition) is 3. The minimum Gasteiger partial charge on any atom is -0.494 e. The van der Waals surface area contributed by atoms with E-state index in [1.54, 1.807) is 12.1 Å². The zero-order valence-electron chi connectivity index (χ0n) is 13.4. The Morgan fingerprint density at radius 2 is 1.50 bits per heavy atom. The molecule has 2 aromatic rings. The van der Waals surface area contributed by atoms with E-state index < -0.39 is 4.92 Å². The lowest BCUT2D eigenvalue weighted by Gasteiger charge is -2.05. The number of ether oxygens (including phenoxy) is 1. The van der Waals surface area contributed by atoms with Crippen molar-refractivity contribution in [3.63, 3.8) is 0 Å². The smallest absolute Gasteiger partial charge is 0.269 e. The third-order valence-corrected chi connectivity index (χ3v) is 4.06. The lowest BCUT2D eigenvalue weighted by molar-refractivity contribution is -0.384. The first kappa shape index (κ1) is 18.2. The number of alkyl halides is 1. The van der Waals surface area contributed by atoms with E-state index in [2.05, 4.69) is 15.9 Å². The van der Waals surface area contributed by atoms with Crippen LogP contribution in [0.4, 0.5) is 5.69 Å². The molecule has 0 aliphatic carbocycles. The molecular formula is C19H20BrNO3. The average Bonchev–Trinajstić information content (AvgIpc) is 2.61. The van der Waals surface area contributed by atoms with Crippen LogP contribution in [0.5, 0.6) is 5.75 Å². The van der Waals surface area contributed by atoms with Crippen LogP contribution in [-0.4, -0.2) is 16.9 Å². The van der Waals surface area contributed by atoms with E-state index in [1.165, 1.54) is 25.0 Å². The largest absolute Gasteiger partial charge is 0.494 e. The molecule has 0 saturated carbocycles. The highest BCUT2D eigenvalue weighted by Gasteiger charge is 2.02. The summed E-state index contributed by atoms with van der Waals surface area (Å²) >= 11 is 3.42. The lowest BCUT2D eigenvalue weighted by atomic mass is 10.1. The Balaban J connectivity index is 1.85. The van der Waals surface area contributed by atoms with Gasteiger partial charge < -0.3 is 4.74 Å². The SMILES string of the molecule is O=[N+]([O-])c1ccc(/C=C/c2ccc(OCCCCCBr)cc2)cc1. The number of hydrogen-bond donors (Lipinski definition) is 0. The van der Waals surface area contributed by atoms with Crippen LogP contribution in [0.15, 0.2) is 48.5 Å². The maximum absolute atomic E-state index is 10.6. The third kappa shape index (κ3) is 6.16. The fourth-order valence-corrected chi connectivity index (χ4v) is 2.53. The number of benzene rings is 2. The zero-order valence-corrected chi connectivity index (χ0v) is 14.9. The van der Waals surface area contributed by atoms with Crippen molar-refractivity contribution in [1.29, 1.82) is 0 Å². The Morgan fingerprint density at radius 3 is 2.04 bits per heavy atom. The van der Waals surface area contributed by atoms with Gasteiger partial charge in [0.1, 0.15) is 5.75 Å². The number of nitrogens with zero attached hydrogens (tertiary/aromatic N) is 1. The molecule has 0 spiro atoms. The Hall–Kier alpha value is -2.14. The van der Waals surface area contributed by atoms with Gasteiger partial charge in [-0.2, -0.15) is 0 Å². The van der Waals surface area contributed by atoms with Crippen molar-refractivity contribution in [1.82, 2.24) is 0 Å². The maximum Gasteiger partial charge on any atom is 0.269 e. The molecule has 126 valence electrons. The summed E-state index contributed by atoms with van der Waals surface area (Å²) in [6.45, 7) is 0.741. The van der Waals surface area contributed by atoms with Crippen LogP contribution in [0.3, 0.4) is 0 Å². The normalized spacial score (nSPS) is 10.9. The summed E-state index contributed by atoms with van der Waals surface area (Å²) in [5, 5.41) is 11.7. The van der Waals surface area contributed by atoms with Gasteiger partial charge in [0.15, 0.2) is 0 Å². The molecule has 0 aromatic heterocycles. The summed E-state index contributed by atoms with van der Waals surface area (Å²) in [7, 11) is 0. The van der Waals surface area contributed by atoms with E-state index in [0.717, 1.165) is 35.2 Å². The van der Waals surface area contributed by atoms with Crippen LogP contribution in [-0.2, 0) is 0 Å². The zero-order chi connectivity index (χ0) is 17.2. The number of unbranched alkanes of at least 4 members (excludes halogenated alkanes) is 2. The van der Waals surface area contributed by atoms with Gasteiger partial charge in [-0.25, -0.2) is 0 Å². The molecule has 0 radical (unpaired) electrons. The first-order chi connectivity index (χ1) is 11.7. The topological polar surface area (TPSA) is 52.4 Å². The highest BCUT2D eigenvalue weighted by atomic mass is 79.9. The molecule has 2 rings (SSSR count). The van der Waals surface area contributed by atoms with E-state index in [9.17, 15) is 10.1 Å².